The molecule has 0 aliphatic rings. The number of unbranched alkanes of at least 4 members (excludes halogenated alkanes) is 5. The molecule has 3 rings (SSSR count). The zero-order valence-electron chi connectivity index (χ0n) is 15.5. The number of pyridine rings is 1. The molecule has 138 valence electrons. The second-order valence-corrected chi connectivity index (χ2v) is 6.63. The third-order valence-corrected chi connectivity index (χ3v) is 4.63. The minimum absolute atomic E-state index is 0. The van der Waals surface area contributed by atoms with Crippen LogP contribution in [0, 0.1) is 0 Å². The fourth-order valence-corrected chi connectivity index (χ4v) is 3.14. The number of aromatic amines is 1. The molecule has 0 fully saturated rings. The number of hydrogen-bond acceptors (Lipinski definition) is 1. The lowest BCUT2D eigenvalue weighted by Crippen LogP contribution is -3.00. The monoisotopic (exact) mass is 461 g/mol. The summed E-state index contributed by atoms with van der Waals surface area (Å²) in [6, 6.07) is 17.2. The van der Waals surface area contributed by atoms with Crippen molar-refractivity contribution in [3.8, 4) is 16.9 Å². The van der Waals surface area contributed by atoms with E-state index < -0.39 is 0 Å². The largest absolute Gasteiger partial charge is 1.00 e. The molecule has 0 radical (unpaired) electrons. The lowest BCUT2D eigenvalue weighted by atomic mass is 10.0. The van der Waals surface area contributed by atoms with Crippen molar-refractivity contribution >= 4 is 10.8 Å². The molecular formula is C23H28INO. The van der Waals surface area contributed by atoms with Gasteiger partial charge in [0.1, 0.15) is 5.75 Å². The molecule has 0 unspecified atom stereocenters. The Morgan fingerprint density at radius 2 is 1.42 bits per heavy atom. The van der Waals surface area contributed by atoms with Crippen LogP contribution >= 0.6 is 0 Å². The third-order valence-electron chi connectivity index (χ3n) is 4.63. The SMILES string of the molecule is CCCCCCCCOc1ccc2cc(-c3cc[nH+]cc3)ccc2c1.[I-]. The second-order valence-electron chi connectivity index (χ2n) is 6.63. The quantitative estimate of drug-likeness (QED) is 0.355. The number of H-pyrrole nitrogens is 1. The zero-order chi connectivity index (χ0) is 17.3. The van der Waals surface area contributed by atoms with Crippen LogP contribution in [0.25, 0.3) is 21.9 Å². The van der Waals surface area contributed by atoms with Crippen LogP contribution in [0.15, 0.2) is 60.9 Å². The Balaban J connectivity index is 0.00000243. The summed E-state index contributed by atoms with van der Waals surface area (Å²) in [6.45, 7) is 3.07. The van der Waals surface area contributed by atoms with E-state index in [0.29, 0.717) is 0 Å². The topological polar surface area (TPSA) is 23.4 Å². The van der Waals surface area contributed by atoms with Crippen LogP contribution in [0.5, 0.6) is 5.75 Å². The summed E-state index contributed by atoms with van der Waals surface area (Å²) in [5.41, 5.74) is 2.46. The minimum Gasteiger partial charge on any atom is -1.00 e. The number of ether oxygens (including phenoxy) is 1. The van der Waals surface area contributed by atoms with Gasteiger partial charge < -0.3 is 28.7 Å². The van der Waals surface area contributed by atoms with Crippen molar-refractivity contribution in [1.82, 2.24) is 0 Å². The van der Waals surface area contributed by atoms with Crippen molar-refractivity contribution in [3.05, 3.63) is 60.9 Å². The van der Waals surface area contributed by atoms with Crippen LogP contribution < -0.4 is 33.7 Å². The van der Waals surface area contributed by atoms with Crippen molar-refractivity contribution in [2.24, 2.45) is 0 Å². The van der Waals surface area contributed by atoms with Crippen LogP contribution in [0.4, 0.5) is 0 Å². The summed E-state index contributed by atoms with van der Waals surface area (Å²) < 4.78 is 5.93. The van der Waals surface area contributed by atoms with Crippen molar-refractivity contribution < 1.29 is 33.7 Å². The first-order chi connectivity index (χ1) is 12.4. The summed E-state index contributed by atoms with van der Waals surface area (Å²) in [6.07, 6.45) is 11.7. The lowest BCUT2D eigenvalue weighted by molar-refractivity contribution is -0.377. The van der Waals surface area contributed by atoms with E-state index in [-0.39, 0.29) is 24.0 Å². The van der Waals surface area contributed by atoms with Crippen molar-refractivity contribution in [2.45, 2.75) is 45.4 Å². The molecule has 2 aromatic carbocycles. The highest BCUT2D eigenvalue weighted by atomic mass is 127. The highest BCUT2D eigenvalue weighted by Gasteiger charge is 2.02. The molecule has 26 heavy (non-hydrogen) atoms. The molecule has 1 heterocycles. The minimum atomic E-state index is 0. The van der Waals surface area contributed by atoms with E-state index in [1.165, 1.54) is 54.0 Å². The van der Waals surface area contributed by atoms with Gasteiger partial charge in [-0.1, -0.05) is 57.2 Å². The Morgan fingerprint density at radius 3 is 2.23 bits per heavy atom. The van der Waals surface area contributed by atoms with Crippen LogP contribution in [-0.2, 0) is 0 Å². The fraction of sp³-hybridized carbons (Fsp3) is 0.348. The van der Waals surface area contributed by atoms with Gasteiger partial charge in [-0.3, -0.25) is 0 Å². The highest BCUT2D eigenvalue weighted by molar-refractivity contribution is 5.88. The maximum atomic E-state index is 5.93. The molecule has 0 saturated heterocycles. The Kier molecular flexibility index (Phi) is 8.89. The standard InChI is InChI=1S/C23H27NO.HI/c1-2-3-4-5-6-7-16-25-23-11-10-21-17-20(8-9-22(21)18-23)19-12-14-24-15-13-19;/h8-15,17-18H,2-7,16H2,1H3;1H. The Morgan fingerprint density at radius 1 is 0.731 bits per heavy atom. The second kappa shape index (κ2) is 11.2. The normalized spacial score (nSPS) is 10.5. The average Bonchev–Trinajstić information content (AvgIpc) is 2.67. The summed E-state index contributed by atoms with van der Waals surface area (Å²) >= 11 is 0. The number of hydrogen-bond donors (Lipinski definition) is 0. The smallest absolute Gasteiger partial charge is 0.167 e. The van der Waals surface area contributed by atoms with E-state index in [1.54, 1.807) is 0 Å². The molecule has 1 aromatic heterocycles. The van der Waals surface area contributed by atoms with Gasteiger partial charge in [0, 0.05) is 12.1 Å². The van der Waals surface area contributed by atoms with Gasteiger partial charge in [0.25, 0.3) is 0 Å². The van der Waals surface area contributed by atoms with Gasteiger partial charge >= 0.3 is 0 Å². The first-order valence-corrected chi connectivity index (χ1v) is 9.50. The molecule has 0 bridgehead atoms. The Bertz CT molecular complexity index is 789. The molecule has 0 saturated carbocycles. The fourth-order valence-electron chi connectivity index (χ4n) is 3.14. The molecule has 3 heteroatoms. The van der Waals surface area contributed by atoms with E-state index in [0.717, 1.165) is 18.8 Å². The molecule has 0 aliphatic heterocycles. The predicted molar refractivity (Wildman–Crippen MR) is 105 cm³/mol. The lowest BCUT2D eigenvalue weighted by Gasteiger charge is -2.08. The highest BCUT2D eigenvalue weighted by Crippen LogP contribution is 2.26. The maximum Gasteiger partial charge on any atom is 0.167 e. The number of aromatic nitrogens is 1. The molecule has 0 aliphatic carbocycles. The molecule has 0 atom stereocenters. The van der Waals surface area contributed by atoms with Gasteiger partial charge in [0.05, 0.1) is 6.61 Å². The van der Waals surface area contributed by atoms with Crippen molar-refractivity contribution in [1.29, 1.82) is 0 Å². The van der Waals surface area contributed by atoms with E-state index in [2.05, 4.69) is 60.4 Å². The average molecular weight is 461 g/mol. The van der Waals surface area contributed by atoms with Gasteiger partial charge in [0.15, 0.2) is 12.4 Å². The van der Waals surface area contributed by atoms with Crippen molar-refractivity contribution in [3.63, 3.8) is 0 Å². The first kappa shape index (κ1) is 20.7. The molecule has 3 aromatic rings. The van der Waals surface area contributed by atoms with Crippen LogP contribution in [0.1, 0.15) is 45.4 Å². The number of nitrogens with one attached hydrogen (secondary N) is 1. The first-order valence-electron chi connectivity index (χ1n) is 9.50. The van der Waals surface area contributed by atoms with E-state index in [9.17, 15) is 0 Å². The predicted octanol–water partition coefficient (Wildman–Crippen LogP) is 3.06. The Hall–Kier alpha value is -1.62. The summed E-state index contributed by atoms with van der Waals surface area (Å²) in [7, 11) is 0. The molecular weight excluding hydrogens is 433 g/mol. The molecule has 0 spiro atoms. The van der Waals surface area contributed by atoms with Gasteiger partial charge in [-0.05, 0) is 46.5 Å². The molecule has 0 amide bonds. The third kappa shape index (κ3) is 5.97. The van der Waals surface area contributed by atoms with Crippen LogP contribution in [0.2, 0.25) is 0 Å². The van der Waals surface area contributed by atoms with Gasteiger partial charge in [-0.15, -0.1) is 0 Å². The van der Waals surface area contributed by atoms with E-state index >= 15 is 0 Å². The van der Waals surface area contributed by atoms with Gasteiger partial charge in [-0.25, -0.2) is 4.98 Å². The van der Waals surface area contributed by atoms with Crippen LogP contribution in [-0.4, -0.2) is 6.61 Å². The van der Waals surface area contributed by atoms with Gasteiger partial charge in [0.2, 0.25) is 0 Å². The van der Waals surface area contributed by atoms with Crippen molar-refractivity contribution in [2.75, 3.05) is 6.61 Å². The van der Waals surface area contributed by atoms with E-state index in [4.69, 9.17) is 4.74 Å². The Labute approximate surface area is 174 Å². The van der Waals surface area contributed by atoms with Gasteiger partial charge in [-0.2, -0.15) is 0 Å². The molecule has 1 N–H and O–H groups in total. The number of benzene rings is 2. The maximum absolute atomic E-state index is 5.93. The van der Waals surface area contributed by atoms with Crippen LogP contribution in [0.3, 0.4) is 0 Å². The summed E-state index contributed by atoms with van der Waals surface area (Å²) in [5, 5.41) is 2.48. The zero-order valence-corrected chi connectivity index (χ0v) is 17.7. The molecule has 2 nitrogen and oxygen atoms in total. The summed E-state index contributed by atoms with van der Waals surface area (Å²) in [4.78, 5) is 3.07. The summed E-state index contributed by atoms with van der Waals surface area (Å²) in [5.74, 6) is 0.975. The van der Waals surface area contributed by atoms with E-state index in [1.807, 2.05) is 12.4 Å². The number of fused-ring (bicyclic) bond motifs is 1. The number of rotatable bonds is 9. The number of halogens is 1.